The van der Waals surface area contributed by atoms with E-state index in [4.69, 9.17) is 0 Å². The van der Waals surface area contributed by atoms with Gasteiger partial charge in [0, 0.05) is 21.1 Å². The highest BCUT2D eigenvalue weighted by molar-refractivity contribution is 9.10. The van der Waals surface area contributed by atoms with E-state index >= 15 is 0 Å². The van der Waals surface area contributed by atoms with Crippen LogP contribution in [0.4, 0.5) is 5.69 Å². The summed E-state index contributed by atoms with van der Waals surface area (Å²) >= 11 is 3.35. The van der Waals surface area contributed by atoms with Gasteiger partial charge in [0.25, 0.3) is 5.91 Å². The van der Waals surface area contributed by atoms with Crippen molar-refractivity contribution >= 4 is 27.5 Å². The third-order valence-corrected chi connectivity index (χ3v) is 3.88. The van der Waals surface area contributed by atoms with E-state index in [1.165, 1.54) is 0 Å². The van der Waals surface area contributed by atoms with Gasteiger partial charge < -0.3 is 10.4 Å². The van der Waals surface area contributed by atoms with Gasteiger partial charge in [-0.25, -0.2) is 0 Å². The van der Waals surface area contributed by atoms with Crippen molar-refractivity contribution in [2.45, 2.75) is 19.4 Å². The number of halogens is 1. The number of carbonyl (C=O) groups excluding carboxylic acids is 1. The summed E-state index contributed by atoms with van der Waals surface area (Å²) < 4.78 is 0.825. The Hall–Kier alpha value is -1.13. The van der Waals surface area contributed by atoms with Gasteiger partial charge in [0.05, 0.1) is 0 Å². The Morgan fingerprint density at radius 3 is 2.76 bits per heavy atom. The molecule has 0 aromatic heterocycles. The van der Waals surface area contributed by atoms with E-state index < -0.39 is 16.9 Å². The molecule has 0 saturated heterocycles. The minimum atomic E-state index is -1.58. The van der Waals surface area contributed by atoms with Crippen LogP contribution >= 0.6 is 15.9 Å². The maximum Gasteiger partial charge on any atom is 0.261 e. The summed E-state index contributed by atoms with van der Waals surface area (Å²) in [6, 6.07) is 5.36. The maximum atomic E-state index is 12.0. The largest absolute Gasteiger partial charge is 0.375 e. The second-order valence-electron chi connectivity index (χ2n) is 4.78. The Morgan fingerprint density at radius 1 is 1.53 bits per heavy atom. The van der Waals surface area contributed by atoms with Crippen molar-refractivity contribution in [3.05, 3.63) is 40.9 Å². The molecule has 0 spiro atoms. The van der Waals surface area contributed by atoms with Crippen molar-refractivity contribution in [3.8, 4) is 0 Å². The molecule has 2 rings (SSSR count). The number of rotatable bonds is 2. The molecular formula is C13H14BrNO2. The van der Waals surface area contributed by atoms with Gasteiger partial charge in [-0.15, -0.1) is 6.58 Å². The number of hydrogen-bond donors (Lipinski definition) is 2. The molecule has 17 heavy (non-hydrogen) atoms. The minimum Gasteiger partial charge on any atom is -0.375 e. The standard InChI is InChI=1S/C13H14BrNO2/c1-4-12(2,3)13(17)9-7-8(14)5-6-10(9)15-11(13)16/h4-7,17H,1H2,2-3H3,(H,15,16). The lowest BCUT2D eigenvalue weighted by molar-refractivity contribution is -0.143. The Labute approximate surface area is 109 Å². The molecule has 4 heteroatoms. The van der Waals surface area contributed by atoms with Crippen LogP contribution in [0.1, 0.15) is 19.4 Å². The van der Waals surface area contributed by atoms with Crippen LogP contribution in [0.15, 0.2) is 35.3 Å². The molecule has 1 unspecified atom stereocenters. The van der Waals surface area contributed by atoms with Gasteiger partial charge in [-0.05, 0) is 18.2 Å². The van der Waals surface area contributed by atoms with Crippen molar-refractivity contribution in [2.24, 2.45) is 5.41 Å². The van der Waals surface area contributed by atoms with Crippen molar-refractivity contribution in [1.29, 1.82) is 0 Å². The molecule has 1 aliphatic heterocycles. The molecule has 2 N–H and O–H groups in total. The van der Waals surface area contributed by atoms with Crippen molar-refractivity contribution < 1.29 is 9.90 Å². The van der Waals surface area contributed by atoms with Gasteiger partial charge in [-0.1, -0.05) is 35.9 Å². The van der Waals surface area contributed by atoms with Gasteiger partial charge in [0.15, 0.2) is 5.60 Å². The molecule has 0 fully saturated rings. The van der Waals surface area contributed by atoms with E-state index in [1.54, 1.807) is 32.1 Å². The molecular weight excluding hydrogens is 282 g/mol. The molecule has 1 amide bonds. The van der Waals surface area contributed by atoms with Crippen LogP contribution in [-0.4, -0.2) is 11.0 Å². The SMILES string of the molecule is C=CC(C)(C)C1(O)C(=O)Nc2ccc(Br)cc21. The van der Waals surface area contributed by atoms with Gasteiger partial charge in [0.2, 0.25) is 0 Å². The summed E-state index contributed by atoms with van der Waals surface area (Å²) in [6.07, 6.45) is 1.60. The number of anilines is 1. The maximum absolute atomic E-state index is 12.0. The van der Waals surface area contributed by atoms with Crippen LogP contribution < -0.4 is 5.32 Å². The molecule has 90 valence electrons. The number of benzene rings is 1. The number of nitrogens with one attached hydrogen (secondary N) is 1. The van der Waals surface area contributed by atoms with Crippen LogP contribution in [0.25, 0.3) is 0 Å². The van der Waals surface area contributed by atoms with E-state index in [9.17, 15) is 9.90 Å². The van der Waals surface area contributed by atoms with Crippen LogP contribution in [0.5, 0.6) is 0 Å². The second-order valence-corrected chi connectivity index (χ2v) is 5.70. The van der Waals surface area contributed by atoms with E-state index in [0.29, 0.717) is 11.3 Å². The highest BCUT2D eigenvalue weighted by Crippen LogP contribution is 2.48. The zero-order chi connectivity index (χ0) is 12.8. The molecule has 3 nitrogen and oxygen atoms in total. The topological polar surface area (TPSA) is 49.3 Å². The number of carbonyl (C=O) groups is 1. The van der Waals surface area contributed by atoms with E-state index in [0.717, 1.165) is 4.47 Å². The molecule has 1 aromatic carbocycles. The highest BCUT2D eigenvalue weighted by atomic mass is 79.9. The lowest BCUT2D eigenvalue weighted by atomic mass is 9.71. The molecule has 0 saturated carbocycles. The first-order valence-electron chi connectivity index (χ1n) is 5.30. The molecule has 1 aliphatic rings. The van der Waals surface area contributed by atoms with Crippen LogP contribution in [-0.2, 0) is 10.4 Å². The highest BCUT2D eigenvalue weighted by Gasteiger charge is 2.54. The molecule has 0 radical (unpaired) electrons. The molecule has 1 heterocycles. The first-order valence-corrected chi connectivity index (χ1v) is 6.09. The zero-order valence-electron chi connectivity index (χ0n) is 9.75. The monoisotopic (exact) mass is 295 g/mol. The van der Waals surface area contributed by atoms with E-state index in [1.807, 2.05) is 6.07 Å². The summed E-state index contributed by atoms with van der Waals surface area (Å²) in [4.78, 5) is 12.0. The fraction of sp³-hybridized carbons (Fsp3) is 0.308. The van der Waals surface area contributed by atoms with Crippen LogP contribution in [0.2, 0.25) is 0 Å². The second kappa shape index (κ2) is 3.68. The quantitative estimate of drug-likeness (QED) is 0.824. The number of amides is 1. The van der Waals surface area contributed by atoms with E-state index in [2.05, 4.69) is 27.8 Å². The number of aliphatic hydroxyl groups is 1. The molecule has 0 bridgehead atoms. The average molecular weight is 296 g/mol. The molecule has 1 atom stereocenters. The lowest BCUT2D eigenvalue weighted by Crippen LogP contribution is -2.46. The van der Waals surface area contributed by atoms with Crippen molar-refractivity contribution in [3.63, 3.8) is 0 Å². The summed E-state index contributed by atoms with van der Waals surface area (Å²) in [7, 11) is 0. The Kier molecular flexibility index (Phi) is 2.67. The first-order chi connectivity index (χ1) is 7.83. The minimum absolute atomic E-state index is 0.407. The van der Waals surface area contributed by atoms with Gasteiger partial charge in [-0.2, -0.15) is 0 Å². The van der Waals surface area contributed by atoms with Gasteiger partial charge in [0.1, 0.15) is 0 Å². The fourth-order valence-corrected chi connectivity index (χ4v) is 2.41. The average Bonchev–Trinajstić information content (AvgIpc) is 2.54. The van der Waals surface area contributed by atoms with Gasteiger partial charge >= 0.3 is 0 Å². The summed E-state index contributed by atoms with van der Waals surface area (Å²) in [5.74, 6) is -0.407. The summed E-state index contributed by atoms with van der Waals surface area (Å²) in [5, 5.41) is 13.5. The predicted octanol–water partition coefficient (Wildman–Crippen LogP) is 2.80. The lowest BCUT2D eigenvalue weighted by Gasteiger charge is -2.35. The Bertz CT molecular complexity index is 510. The van der Waals surface area contributed by atoms with Crippen molar-refractivity contribution in [2.75, 3.05) is 5.32 Å². The van der Waals surface area contributed by atoms with Crippen LogP contribution in [0.3, 0.4) is 0 Å². The fourth-order valence-electron chi connectivity index (χ4n) is 2.05. The third kappa shape index (κ3) is 1.55. The normalized spacial score (nSPS) is 23.2. The zero-order valence-corrected chi connectivity index (χ0v) is 11.3. The molecule has 1 aromatic rings. The number of hydrogen-bond acceptors (Lipinski definition) is 2. The smallest absolute Gasteiger partial charge is 0.261 e. The Morgan fingerprint density at radius 2 is 2.18 bits per heavy atom. The summed E-state index contributed by atoms with van der Waals surface area (Å²) in [5.41, 5.74) is -1.09. The molecule has 0 aliphatic carbocycles. The van der Waals surface area contributed by atoms with E-state index in [-0.39, 0.29) is 0 Å². The Balaban J connectivity index is 2.69. The van der Waals surface area contributed by atoms with Crippen molar-refractivity contribution in [1.82, 2.24) is 0 Å². The van der Waals surface area contributed by atoms with Crippen LogP contribution in [0, 0.1) is 5.41 Å². The number of fused-ring (bicyclic) bond motifs is 1. The van der Waals surface area contributed by atoms with Gasteiger partial charge in [-0.3, -0.25) is 4.79 Å². The first kappa shape index (κ1) is 12.3. The third-order valence-electron chi connectivity index (χ3n) is 3.39. The summed E-state index contributed by atoms with van der Waals surface area (Å²) in [6.45, 7) is 7.27. The predicted molar refractivity (Wildman–Crippen MR) is 70.6 cm³/mol.